The monoisotopic (exact) mass is 285 g/mol. The van der Waals surface area contributed by atoms with Crippen molar-refractivity contribution in [3.05, 3.63) is 0 Å². The summed E-state index contributed by atoms with van der Waals surface area (Å²) in [5, 5.41) is 10.2. The molecule has 1 fully saturated rings. The van der Waals surface area contributed by atoms with Crippen LogP contribution in [0.25, 0.3) is 0 Å². The van der Waals surface area contributed by atoms with Crippen molar-refractivity contribution in [1.82, 2.24) is 4.72 Å². The van der Waals surface area contributed by atoms with Crippen LogP contribution in [0.2, 0.25) is 0 Å². The van der Waals surface area contributed by atoms with Crippen LogP contribution < -0.4 is 10.5 Å². The van der Waals surface area contributed by atoms with Gasteiger partial charge < -0.3 is 10.9 Å². The SMILES string of the molecule is NC(CNS(=O)(=O)C1CCS(=O)(=O)CC1)=NO. The Kier molecular flexibility index (Phi) is 4.33. The molecule has 0 radical (unpaired) electrons. The smallest absolute Gasteiger partial charge is 0.214 e. The van der Waals surface area contributed by atoms with Gasteiger partial charge in [0, 0.05) is 0 Å². The summed E-state index contributed by atoms with van der Waals surface area (Å²) in [5.41, 5.74) is 5.13. The third-order valence-corrected chi connectivity index (χ3v) is 6.13. The highest BCUT2D eigenvalue weighted by Crippen LogP contribution is 2.18. The Hall–Kier alpha value is -0.870. The molecular formula is C7H15N3O5S2. The van der Waals surface area contributed by atoms with Gasteiger partial charge in [0.15, 0.2) is 5.84 Å². The molecule has 0 spiro atoms. The van der Waals surface area contributed by atoms with Crippen molar-refractivity contribution in [3.63, 3.8) is 0 Å². The van der Waals surface area contributed by atoms with Gasteiger partial charge >= 0.3 is 0 Å². The second kappa shape index (κ2) is 5.19. The molecule has 8 nitrogen and oxygen atoms in total. The number of amidine groups is 1. The van der Waals surface area contributed by atoms with Crippen molar-refractivity contribution < 1.29 is 22.0 Å². The van der Waals surface area contributed by atoms with Crippen LogP contribution in [0.15, 0.2) is 5.16 Å². The lowest BCUT2D eigenvalue weighted by Gasteiger charge is -2.22. The Morgan fingerprint density at radius 1 is 1.41 bits per heavy atom. The van der Waals surface area contributed by atoms with Gasteiger partial charge in [-0.2, -0.15) is 0 Å². The average molecular weight is 285 g/mol. The quantitative estimate of drug-likeness (QED) is 0.242. The summed E-state index contributed by atoms with van der Waals surface area (Å²) in [6.07, 6.45) is 0.154. The van der Waals surface area contributed by atoms with E-state index in [1.165, 1.54) is 0 Å². The maximum absolute atomic E-state index is 11.7. The van der Waals surface area contributed by atoms with Crippen LogP contribution >= 0.6 is 0 Å². The second-order valence-electron chi connectivity index (χ2n) is 3.81. The van der Waals surface area contributed by atoms with E-state index < -0.39 is 25.1 Å². The summed E-state index contributed by atoms with van der Waals surface area (Å²) in [6, 6.07) is 0. The molecule has 0 unspecified atom stereocenters. The normalized spacial score (nSPS) is 22.5. The van der Waals surface area contributed by atoms with Crippen LogP contribution in [0.4, 0.5) is 0 Å². The van der Waals surface area contributed by atoms with Gasteiger partial charge in [-0.15, -0.1) is 0 Å². The van der Waals surface area contributed by atoms with Crippen molar-refractivity contribution >= 4 is 25.7 Å². The first-order chi connectivity index (χ1) is 7.77. The van der Waals surface area contributed by atoms with E-state index in [0.717, 1.165) is 0 Å². The zero-order valence-electron chi connectivity index (χ0n) is 9.03. The number of nitrogens with zero attached hydrogens (tertiary/aromatic N) is 1. The van der Waals surface area contributed by atoms with Crippen LogP contribution in [0.3, 0.4) is 0 Å². The third-order valence-electron chi connectivity index (χ3n) is 2.52. The molecule has 0 aromatic heterocycles. The van der Waals surface area contributed by atoms with Crippen molar-refractivity contribution in [2.45, 2.75) is 18.1 Å². The molecule has 4 N–H and O–H groups in total. The predicted octanol–water partition coefficient (Wildman–Crippen LogP) is -1.77. The molecule has 1 saturated heterocycles. The van der Waals surface area contributed by atoms with E-state index in [2.05, 4.69) is 9.88 Å². The van der Waals surface area contributed by atoms with E-state index >= 15 is 0 Å². The maximum Gasteiger partial charge on any atom is 0.214 e. The van der Waals surface area contributed by atoms with E-state index in [9.17, 15) is 16.8 Å². The molecular weight excluding hydrogens is 270 g/mol. The van der Waals surface area contributed by atoms with Crippen LogP contribution in [0.1, 0.15) is 12.8 Å². The summed E-state index contributed by atoms with van der Waals surface area (Å²) in [6.45, 7) is -0.290. The molecule has 0 aromatic carbocycles. The van der Waals surface area contributed by atoms with Gasteiger partial charge in [0.05, 0.1) is 23.3 Å². The molecule has 10 heteroatoms. The van der Waals surface area contributed by atoms with Crippen molar-refractivity contribution in [2.24, 2.45) is 10.9 Å². The first-order valence-corrected chi connectivity index (χ1v) is 8.29. The Bertz CT molecular complexity index is 482. The Morgan fingerprint density at radius 3 is 2.41 bits per heavy atom. The minimum Gasteiger partial charge on any atom is -0.409 e. The number of oxime groups is 1. The second-order valence-corrected chi connectivity index (χ2v) is 8.16. The number of nitrogens with two attached hydrogens (primary N) is 1. The minimum absolute atomic E-state index is 0.0772. The Labute approximate surface area is 99.8 Å². The zero-order chi connectivity index (χ0) is 13.1. The zero-order valence-corrected chi connectivity index (χ0v) is 10.7. The molecule has 0 aromatic rings. The van der Waals surface area contributed by atoms with Gasteiger partial charge in [-0.1, -0.05) is 5.16 Å². The van der Waals surface area contributed by atoms with Crippen LogP contribution in [-0.2, 0) is 19.9 Å². The van der Waals surface area contributed by atoms with Gasteiger partial charge in [0.25, 0.3) is 0 Å². The van der Waals surface area contributed by atoms with Gasteiger partial charge in [-0.25, -0.2) is 21.6 Å². The molecule has 0 atom stereocenters. The molecule has 17 heavy (non-hydrogen) atoms. The fraction of sp³-hybridized carbons (Fsp3) is 0.857. The van der Waals surface area contributed by atoms with E-state index in [-0.39, 0.29) is 36.7 Å². The summed E-state index contributed by atoms with van der Waals surface area (Å²) < 4.78 is 47.9. The average Bonchev–Trinajstić information content (AvgIpc) is 2.25. The molecule has 100 valence electrons. The number of hydrogen-bond acceptors (Lipinski definition) is 6. The fourth-order valence-corrected chi connectivity index (χ4v) is 4.74. The fourth-order valence-electron chi connectivity index (χ4n) is 1.51. The van der Waals surface area contributed by atoms with Crippen LogP contribution in [-0.4, -0.2) is 51.2 Å². The molecule has 1 aliphatic heterocycles. The predicted molar refractivity (Wildman–Crippen MR) is 62.0 cm³/mol. The summed E-state index contributed by atoms with van der Waals surface area (Å²) in [4.78, 5) is 0. The van der Waals surface area contributed by atoms with Gasteiger partial charge in [-0.05, 0) is 12.8 Å². The van der Waals surface area contributed by atoms with Crippen molar-refractivity contribution in [3.8, 4) is 0 Å². The van der Waals surface area contributed by atoms with E-state index in [4.69, 9.17) is 10.9 Å². The van der Waals surface area contributed by atoms with Gasteiger partial charge in [-0.3, -0.25) is 0 Å². The number of sulfonamides is 1. The lowest BCUT2D eigenvalue weighted by molar-refractivity contribution is 0.317. The number of hydrogen-bond donors (Lipinski definition) is 3. The van der Waals surface area contributed by atoms with E-state index in [1.54, 1.807) is 0 Å². The summed E-state index contributed by atoms with van der Waals surface area (Å²) >= 11 is 0. The van der Waals surface area contributed by atoms with Crippen LogP contribution in [0.5, 0.6) is 0 Å². The van der Waals surface area contributed by atoms with Crippen LogP contribution in [0, 0.1) is 0 Å². The van der Waals surface area contributed by atoms with E-state index in [1.807, 2.05) is 0 Å². The molecule has 0 amide bonds. The Balaban J connectivity index is 2.61. The highest BCUT2D eigenvalue weighted by atomic mass is 32.2. The third kappa shape index (κ3) is 4.13. The minimum atomic E-state index is -3.63. The van der Waals surface area contributed by atoms with E-state index in [0.29, 0.717) is 0 Å². The molecule has 0 saturated carbocycles. The molecule has 0 aliphatic carbocycles. The molecule has 1 heterocycles. The first kappa shape index (κ1) is 14.2. The first-order valence-electron chi connectivity index (χ1n) is 4.92. The largest absolute Gasteiger partial charge is 0.409 e. The molecule has 1 aliphatic rings. The highest BCUT2D eigenvalue weighted by molar-refractivity contribution is 7.92. The van der Waals surface area contributed by atoms with Crippen molar-refractivity contribution in [2.75, 3.05) is 18.1 Å². The molecule has 0 bridgehead atoms. The van der Waals surface area contributed by atoms with Gasteiger partial charge in [0.2, 0.25) is 10.0 Å². The lowest BCUT2D eigenvalue weighted by atomic mass is 10.2. The number of rotatable bonds is 4. The van der Waals surface area contributed by atoms with Gasteiger partial charge in [0.1, 0.15) is 9.84 Å². The standard InChI is InChI=1S/C7H15N3O5S2/c8-7(10-11)5-9-17(14,15)6-1-3-16(12,13)4-2-6/h6,9,11H,1-5H2,(H2,8,10). The highest BCUT2D eigenvalue weighted by Gasteiger charge is 2.32. The number of sulfone groups is 1. The number of nitrogens with one attached hydrogen (secondary N) is 1. The maximum atomic E-state index is 11.7. The Morgan fingerprint density at radius 2 is 1.94 bits per heavy atom. The summed E-state index contributed by atoms with van der Waals surface area (Å²) in [7, 11) is -6.72. The summed E-state index contributed by atoms with van der Waals surface area (Å²) in [5.74, 6) is -0.499. The lowest BCUT2D eigenvalue weighted by Crippen LogP contribution is -2.42. The molecule has 1 rings (SSSR count). The van der Waals surface area contributed by atoms with Crippen molar-refractivity contribution in [1.29, 1.82) is 0 Å². The topological polar surface area (TPSA) is 139 Å².